The van der Waals surface area contributed by atoms with Gasteiger partial charge in [0.15, 0.2) is 0 Å². The van der Waals surface area contributed by atoms with E-state index < -0.39 is 0 Å². The normalized spacial score (nSPS) is 24.1. The maximum absolute atomic E-state index is 11.2. The van der Waals surface area contributed by atoms with Crippen molar-refractivity contribution in [2.75, 3.05) is 20.2 Å². The summed E-state index contributed by atoms with van der Waals surface area (Å²) in [6.45, 7) is 3.52. The van der Waals surface area contributed by atoms with Crippen LogP contribution in [0.1, 0.15) is 26.2 Å². The Kier molecular flexibility index (Phi) is 4.35. The average molecular weight is 201 g/mol. The lowest BCUT2D eigenvalue weighted by atomic mass is 10.0. The summed E-state index contributed by atoms with van der Waals surface area (Å²) in [7, 11) is 1.40. The largest absolute Gasteiger partial charge is 0.468 e. The van der Waals surface area contributed by atoms with Gasteiger partial charge in [-0.1, -0.05) is 13.3 Å². The maximum Gasteiger partial charge on any atom is 0.323 e. The molecule has 0 amide bonds. The summed E-state index contributed by atoms with van der Waals surface area (Å²) < 4.78 is 4.66. The molecule has 1 saturated heterocycles. The first kappa shape index (κ1) is 11.5. The van der Waals surface area contributed by atoms with Crippen LogP contribution in [0.4, 0.5) is 0 Å². The summed E-state index contributed by atoms with van der Waals surface area (Å²) in [5.74, 6) is -0.181. The number of aliphatic hydroxyl groups is 1. The van der Waals surface area contributed by atoms with E-state index in [1.54, 1.807) is 0 Å². The third-order valence-electron chi connectivity index (χ3n) is 2.67. The number of β-amino-alcohol motifs (C(OH)–C–C–N with tert-alkyl or cyclic N) is 1. The van der Waals surface area contributed by atoms with Crippen LogP contribution in [0.5, 0.6) is 0 Å². The number of rotatable bonds is 5. The summed E-state index contributed by atoms with van der Waals surface area (Å²) >= 11 is 0. The van der Waals surface area contributed by atoms with E-state index in [1.165, 1.54) is 7.11 Å². The van der Waals surface area contributed by atoms with E-state index >= 15 is 0 Å². The molecule has 82 valence electrons. The molecule has 0 aliphatic carbocycles. The molecule has 0 radical (unpaired) electrons. The van der Waals surface area contributed by atoms with Crippen molar-refractivity contribution in [2.45, 2.75) is 38.3 Å². The highest BCUT2D eigenvalue weighted by Gasteiger charge is 2.35. The van der Waals surface area contributed by atoms with Crippen LogP contribution in [0.15, 0.2) is 0 Å². The zero-order valence-electron chi connectivity index (χ0n) is 8.90. The van der Waals surface area contributed by atoms with Crippen LogP contribution in [0.25, 0.3) is 0 Å². The van der Waals surface area contributed by atoms with E-state index in [9.17, 15) is 9.90 Å². The van der Waals surface area contributed by atoms with E-state index in [-0.39, 0.29) is 18.1 Å². The molecular formula is C10H19NO3. The van der Waals surface area contributed by atoms with Crippen molar-refractivity contribution in [1.82, 2.24) is 4.90 Å². The lowest BCUT2D eigenvalue weighted by molar-refractivity contribution is -0.152. The van der Waals surface area contributed by atoms with Gasteiger partial charge in [0.05, 0.1) is 13.2 Å². The Morgan fingerprint density at radius 3 is 2.86 bits per heavy atom. The lowest BCUT2D eigenvalue weighted by Gasteiger charge is -2.39. The first-order valence-electron chi connectivity index (χ1n) is 5.19. The fourth-order valence-electron chi connectivity index (χ4n) is 1.76. The number of carbonyl (C=O) groups excluding carboxylic acids is 1. The summed E-state index contributed by atoms with van der Waals surface area (Å²) in [6.07, 6.45) is 2.31. The molecule has 0 bridgehead atoms. The molecule has 0 aromatic heterocycles. The minimum Gasteiger partial charge on any atom is -0.468 e. The summed E-state index contributed by atoms with van der Waals surface area (Å²) in [4.78, 5) is 13.2. The first-order valence-corrected chi connectivity index (χ1v) is 5.19. The van der Waals surface area contributed by atoms with E-state index in [2.05, 4.69) is 4.74 Å². The maximum atomic E-state index is 11.2. The van der Waals surface area contributed by atoms with Crippen molar-refractivity contribution in [3.63, 3.8) is 0 Å². The van der Waals surface area contributed by atoms with Crippen molar-refractivity contribution < 1.29 is 14.6 Å². The number of aliphatic hydroxyl groups excluding tert-OH is 1. The van der Waals surface area contributed by atoms with Gasteiger partial charge in [-0.05, 0) is 12.8 Å². The van der Waals surface area contributed by atoms with E-state index in [1.807, 2.05) is 11.8 Å². The third-order valence-corrected chi connectivity index (χ3v) is 2.67. The van der Waals surface area contributed by atoms with Crippen LogP contribution >= 0.6 is 0 Å². The Bertz CT molecular complexity index is 196. The van der Waals surface area contributed by atoms with Crippen LogP contribution < -0.4 is 0 Å². The van der Waals surface area contributed by atoms with E-state index in [0.717, 1.165) is 25.8 Å². The Morgan fingerprint density at radius 1 is 1.71 bits per heavy atom. The van der Waals surface area contributed by atoms with Crippen molar-refractivity contribution in [1.29, 1.82) is 0 Å². The molecule has 1 aliphatic rings. The highest BCUT2D eigenvalue weighted by molar-refractivity contribution is 5.76. The number of methoxy groups -OCH3 is 1. The van der Waals surface area contributed by atoms with E-state index in [4.69, 9.17) is 0 Å². The molecule has 2 unspecified atom stereocenters. The van der Waals surface area contributed by atoms with Gasteiger partial charge in [-0.15, -0.1) is 0 Å². The van der Waals surface area contributed by atoms with Crippen molar-refractivity contribution >= 4 is 5.97 Å². The summed E-state index contributed by atoms with van der Waals surface area (Å²) in [5.41, 5.74) is 0. The number of hydrogen-bond acceptors (Lipinski definition) is 4. The van der Waals surface area contributed by atoms with E-state index in [0.29, 0.717) is 6.54 Å². The number of likely N-dealkylation sites (tertiary alicyclic amines) is 1. The van der Waals surface area contributed by atoms with Gasteiger partial charge in [0.2, 0.25) is 0 Å². The number of ether oxygens (including phenoxy) is 1. The Labute approximate surface area is 84.8 Å². The fourth-order valence-corrected chi connectivity index (χ4v) is 1.76. The minimum atomic E-state index is -0.313. The third kappa shape index (κ3) is 2.69. The quantitative estimate of drug-likeness (QED) is 0.654. The molecule has 1 fully saturated rings. The second-order valence-electron chi connectivity index (χ2n) is 3.77. The summed E-state index contributed by atoms with van der Waals surface area (Å²) in [5, 5.41) is 9.56. The van der Waals surface area contributed by atoms with Gasteiger partial charge in [0.1, 0.15) is 6.04 Å². The van der Waals surface area contributed by atoms with Gasteiger partial charge in [-0.2, -0.15) is 0 Å². The Balaban J connectivity index is 2.28. The van der Waals surface area contributed by atoms with Crippen molar-refractivity contribution in [3.05, 3.63) is 0 Å². The average Bonchev–Trinajstić information content (AvgIpc) is 2.13. The predicted molar refractivity (Wildman–Crippen MR) is 52.9 cm³/mol. The monoisotopic (exact) mass is 201 g/mol. The lowest BCUT2D eigenvalue weighted by Crippen LogP contribution is -2.55. The van der Waals surface area contributed by atoms with Gasteiger partial charge in [-0.25, -0.2) is 0 Å². The molecule has 4 nitrogen and oxygen atoms in total. The molecule has 4 heteroatoms. The minimum absolute atomic E-state index is 0.119. The fraction of sp³-hybridized carbons (Fsp3) is 0.900. The van der Waals surface area contributed by atoms with Gasteiger partial charge >= 0.3 is 5.97 Å². The molecule has 14 heavy (non-hydrogen) atoms. The number of carbonyl (C=O) groups is 1. The molecule has 0 aromatic rings. The molecule has 0 aromatic carbocycles. The SMILES string of the molecule is CCCC(O)CN1CCC1C(=O)OC. The molecule has 1 heterocycles. The molecule has 0 saturated carbocycles. The van der Waals surface area contributed by atoms with Gasteiger partial charge in [0.25, 0.3) is 0 Å². The van der Waals surface area contributed by atoms with Crippen LogP contribution in [-0.4, -0.2) is 48.3 Å². The van der Waals surface area contributed by atoms with Gasteiger partial charge in [0, 0.05) is 13.1 Å². The van der Waals surface area contributed by atoms with Gasteiger partial charge < -0.3 is 9.84 Å². The molecule has 1 N–H and O–H groups in total. The molecular weight excluding hydrogens is 182 g/mol. The van der Waals surface area contributed by atoms with Crippen LogP contribution in [0.3, 0.4) is 0 Å². The number of esters is 1. The van der Waals surface area contributed by atoms with Crippen LogP contribution in [-0.2, 0) is 9.53 Å². The van der Waals surface area contributed by atoms with Gasteiger partial charge in [-0.3, -0.25) is 9.69 Å². The highest BCUT2D eigenvalue weighted by atomic mass is 16.5. The second-order valence-corrected chi connectivity index (χ2v) is 3.77. The number of hydrogen-bond donors (Lipinski definition) is 1. The topological polar surface area (TPSA) is 49.8 Å². The molecule has 1 rings (SSSR count). The summed E-state index contributed by atoms with van der Waals surface area (Å²) in [6, 6.07) is -0.119. The van der Waals surface area contributed by atoms with Crippen LogP contribution in [0.2, 0.25) is 0 Å². The highest BCUT2D eigenvalue weighted by Crippen LogP contribution is 2.19. The van der Waals surface area contributed by atoms with Crippen molar-refractivity contribution in [2.24, 2.45) is 0 Å². The molecule has 1 aliphatic heterocycles. The Morgan fingerprint density at radius 2 is 2.43 bits per heavy atom. The first-order chi connectivity index (χ1) is 6.69. The smallest absolute Gasteiger partial charge is 0.323 e. The molecule has 0 spiro atoms. The second kappa shape index (κ2) is 5.32. The zero-order valence-corrected chi connectivity index (χ0v) is 8.90. The number of nitrogens with zero attached hydrogens (tertiary/aromatic N) is 1. The Hall–Kier alpha value is -0.610. The van der Waals surface area contributed by atoms with Crippen molar-refractivity contribution in [3.8, 4) is 0 Å². The van der Waals surface area contributed by atoms with Crippen LogP contribution in [0, 0.1) is 0 Å². The standard InChI is InChI=1S/C10H19NO3/c1-3-4-8(12)7-11-6-5-9(11)10(13)14-2/h8-9,12H,3-7H2,1-2H3. The zero-order chi connectivity index (χ0) is 10.6. The molecule has 2 atom stereocenters. The predicted octanol–water partition coefficient (Wildman–Crippen LogP) is 0.395.